The van der Waals surface area contributed by atoms with Crippen molar-refractivity contribution in [3.05, 3.63) is 66.9 Å². The van der Waals surface area contributed by atoms with Gasteiger partial charge in [0.05, 0.1) is 5.69 Å². The lowest BCUT2D eigenvalue weighted by molar-refractivity contribution is 0.261. The summed E-state index contributed by atoms with van der Waals surface area (Å²) in [5.74, 6) is 1.67. The first kappa shape index (κ1) is 22.8. The summed E-state index contributed by atoms with van der Waals surface area (Å²) in [6, 6.07) is 20.0. The van der Waals surface area contributed by atoms with Crippen molar-refractivity contribution in [2.45, 2.75) is 0 Å². The van der Waals surface area contributed by atoms with Crippen molar-refractivity contribution in [1.82, 2.24) is 24.6 Å². The lowest BCUT2D eigenvalue weighted by Gasteiger charge is -2.12. The molecular formula is C26H31N5O2. The predicted molar refractivity (Wildman–Crippen MR) is 132 cm³/mol. The average molecular weight is 446 g/mol. The van der Waals surface area contributed by atoms with Gasteiger partial charge < -0.3 is 19.3 Å². The summed E-state index contributed by atoms with van der Waals surface area (Å²) in [5, 5.41) is 5.94. The summed E-state index contributed by atoms with van der Waals surface area (Å²) in [6.07, 6.45) is 1.80. The van der Waals surface area contributed by atoms with E-state index in [1.54, 1.807) is 6.20 Å². The fourth-order valence-electron chi connectivity index (χ4n) is 3.45. The number of pyridine rings is 1. The molecule has 2 aromatic heterocycles. The summed E-state index contributed by atoms with van der Waals surface area (Å²) in [6.45, 7) is 3.01. The molecule has 2 heterocycles. The van der Waals surface area contributed by atoms with Crippen LogP contribution < -0.4 is 9.47 Å². The first-order valence-electron chi connectivity index (χ1n) is 11.1. The number of fused-ring (bicyclic) bond motifs is 1. The molecule has 0 spiro atoms. The highest BCUT2D eigenvalue weighted by molar-refractivity contribution is 5.92. The molecule has 2 aromatic carbocycles. The lowest BCUT2D eigenvalue weighted by atomic mass is 10.1. The van der Waals surface area contributed by atoms with E-state index >= 15 is 0 Å². The molecule has 0 aliphatic rings. The highest BCUT2D eigenvalue weighted by Crippen LogP contribution is 2.30. The number of benzene rings is 2. The molecule has 4 rings (SSSR count). The molecule has 0 aliphatic heterocycles. The Balaban J connectivity index is 1.61. The third-order valence-corrected chi connectivity index (χ3v) is 5.25. The normalized spacial score (nSPS) is 11.5. The van der Waals surface area contributed by atoms with Gasteiger partial charge in [-0.05, 0) is 76.7 Å². The van der Waals surface area contributed by atoms with Crippen molar-refractivity contribution in [2.24, 2.45) is 0 Å². The van der Waals surface area contributed by atoms with E-state index in [0.717, 1.165) is 52.6 Å². The number of nitrogens with zero attached hydrogens (tertiary/aromatic N) is 5. The summed E-state index contributed by atoms with van der Waals surface area (Å²) < 4.78 is 13.6. The Labute approximate surface area is 195 Å². The van der Waals surface area contributed by atoms with Crippen molar-refractivity contribution in [2.75, 3.05) is 54.5 Å². The summed E-state index contributed by atoms with van der Waals surface area (Å²) in [5.41, 5.74) is 3.63. The molecule has 0 bridgehead atoms. The summed E-state index contributed by atoms with van der Waals surface area (Å²) in [4.78, 5) is 8.81. The fourth-order valence-corrected chi connectivity index (χ4v) is 3.45. The van der Waals surface area contributed by atoms with Gasteiger partial charge in [0.25, 0.3) is 0 Å². The molecule has 7 heteroatoms. The van der Waals surface area contributed by atoms with Crippen LogP contribution in [0.1, 0.15) is 0 Å². The van der Waals surface area contributed by atoms with Gasteiger partial charge in [-0.2, -0.15) is 5.10 Å². The minimum atomic E-state index is 0.628. The van der Waals surface area contributed by atoms with Crippen molar-refractivity contribution in [3.8, 4) is 28.4 Å². The minimum absolute atomic E-state index is 0.628. The van der Waals surface area contributed by atoms with Crippen molar-refractivity contribution >= 4 is 11.0 Å². The van der Waals surface area contributed by atoms with Gasteiger partial charge >= 0.3 is 0 Å². The lowest BCUT2D eigenvalue weighted by Crippen LogP contribution is -2.19. The minimum Gasteiger partial charge on any atom is -0.492 e. The van der Waals surface area contributed by atoms with Crippen LogP contribution >= 0.6 is 0 Å². The molecule has 0 radical (unpaired) electrons. The zero-order chi connectivity index (χ0) is 23.2. The van der Waals surface area contributed by atoms with Gasteiger partial charge in [0.15, 0.2) is 5.65 Å². The standard InChI is InChI=1S/C26H31N5O2/c1-29(2)15-17-32-22-12-10-20(11-13-22)25-24-9-6-14-27-26(24)31(28-25)21-7-5-8-23(19-21)33-18-16-30(3)4/h5-14,19H,15-18H2,1-4H3. The molecule has 4 aromatic rings. The predicted octanol–water partition coefficient (Wildman–Crippen LogP) is 3.97. The second-order valence-corrected chi connectivity index (χ2v) is 8.46. The van der Waals surface area contributed by atoms with E-state index in [1.165, 1.54) is 0 Å². The Hall–Kier alpha value is -3.42. The van der Waals surface area contributed by atoms with E-state index in [0.29, 0.717) is 13.2 Å². The Morgan fingerprint density at radius 2 is 1.48 bits per heavy atom. The van der Waals surface area contributed by atoms with Crippen LogP contribution in [0, 0.1) is 0 Å². The van der Waals surface area contributed by atoms with E-state index in [1.807, 2.05) is 87.5 Å². The van der Waals surface area contributed by atoms with E-state index < -0.39 is 0 Å². The number of ether oxygens (including phenoxy) is 2. The van der Waals surface area contributed by atoms with Crippen LogP contribution in [0.5, 0.6) is 11.5 Å². The first-order chi connectivity index (χ1) is 16.0. The van der Waals surface area contributed by atoms with Gasteiger partial charge in [0, 0.05) is 36.3 Å². The molecule has 0 fully saturated rings. The Bertz CT molecular complexity index is 1180. The average Bonchev–Trinajstić information content (AvgIpc) is 3.19. The van der Waals surface area contributed by atoms with Crippen LogP contribution in [-0.4, -0.2) is 79.1 Å². The molecule has 7 nitrogen and oxygen atoms in total. The molecule has 0 saturated carbocycles. The summed E-state index contributed by atoms with van der Waals surface area (Å²) >= 11 is 0. The first-order valence-corrected chi connectivity index (χ1v) is 11.1. The zero-order valence-corrected chi connectivity index (χ0v) is 19.7. The number of rotatable bonds is 10. The molecule has 0 unspecified atom stereocenters. The monoisotopic (exact) mass is 445 g/mol. The molecule has 33 heavy (non-hydrogen) atoms. The maximum atomic E-state index is 5.92. The van der Waals surface area contributed by atoms with Gasteiger partial charge in [-0.1, -0.05) is 6.07 Å². The molecule has 0 saturated heterocycles. The third kappa shape index (κ3) is 5.69. The van der Waals surface area contributed by atoms with Gasteiger partial charge in [0.1, 0.15) is 30.4 Å². The van der Waals surface area contributed by atoms with Crippen molar-refractivity contribution in [1.29, 1.82) is 0 Å². The Kier molecular flexibility index (Phi) is 7.22. The van der Waals surface area contributed by atoms with E-state index in [-0.39, 0.29) is 0 Å². The van der Waals surface area contributed by atoms with E-state index in [4.69, 9.17) is 14.6 Å². The highest BCUT2D eigenvalue weighted by Gasteiger charge is 2.15. The molecule has 0 amide bonds. The molecule has 0 aliphatic carbocycles. The Morgan fingerprint density at radius 3 is 2.18 bits per heavy atom. The topological polar surface area (TPSA) is 55.6 Å². The van der Waals surface area contributed by atoms with Gasteiger partial charge in [-0.3, -0.25) is 0 Å². The van der Waals surface area contributed by atoms with Crippen LogP contribution in [0.25, 0.3) is 28.0 Å². The van der Waals surface area contributed by atoms with Crippen LogP contribution in [0.4, 0.5) is 0 Å². The number of likely N-dealkylation sites (N-methyl/N-ethyl adjacent to an activating group) is 2. The third-order valence-electron chi connectivity index (χ3n) is 5.25. The quantitative estimate of drug-likeness (QED) is 0.368. The van der Waals surface area contributed by atoms with Crippen LogP contribution in [0.3, 0.4) is 0 Å². The number of hydrogen-bond acceptors (Lipinski definition) is 6. The maximum absolute atomic E-state index is 5.92. The second kappa shape index (κ2) is 10.5. The van der Waals surface area contributed by atoms with Crippen molar-refractivity contribution in [3.63, 3.8) is 0 Å². The van der Waals surface area contributed by atoms with Gasteiger partial charge in [0.2, 0.25) is 0 Å². The molecular weight excluding hydrogens is 414 g/mol. The SMILES string of the molecule is CN(C)CCOc1ccc(-c2nn(-c3cccc(OCCN(C)C)c3)c3ncccc23)cc1. The molecule has 0 N–H and O–H groups in total. The van der Waals surface area contributed by atoms with Crippen molar-refractivity contribution < 1.29 is 9.47 Å². The molecule has 0 atom stereocenters. The molecule has 172 valence electrons. The van der Waals surface area contributed by atoms with Gasteiger partial charge in [-0.25, -0.2) is 9.67 Å². The van der Waals surface area contributed by atoms with Gasteiger partial charge in [-0.15, -0.1) is 0 Å². The highest BCUT2D eigenvalue weighted by atomic mass is 16.5. The maximum Gasteiger partial charge on any atom is 0.163 e. The van der Waals surface area contributed by atoms with Crippen LogP contribution in [0.15, 0.2) is 66.9 Å². The van der Waals surface area contributed by atoms with Crippen LogP contribution in [-0.2, 0) is 0 Å². The second-order valence-electron chi connectivity index (χ2n) is 8.46. The zero-order valence-electron chi connectivity index (χ0n) is 19.7. The summed E-state index contributed by atoms with van der Waals surface area (Å²) in [7, 11) is 8.14. The van der Waals surface area contributed by atoms with Crippen LogP contribution in [0.2, 0.25) is 0 Å². The largest absolute Gasteiger partial charge is 0.492 e. The smallest absolute Gasteiger partial charge is 0.163 e. The van der Waals surface area contributed by atoms with E-state index in [9.17, 15) is 0 Å². The fraction of sp³-hybridized carbons (Fsp3) is 0.308. The number of hydrogen-bond donors (Lipinski definition) is 0. The van der Waals surface area contributed by atoms with E-state index in [2.05, 4.69) is 20.9 Å². The Morgan fingerprint density at radius 1 is 0.788 bits per heavy atom. The number of aromatic nitrogens is 3.